The number of benzene rings is 2. The summed E-state index contributed by atoms with van der Waals surface area (Å²) in [6, 6.07) is 11.9. The highest BCUT2D eigenvalue weighted by molar-refractivity contribution is 6.30. The summed E-state index contributed by atoms with van der Waals surface area (Å²) in [6.07, 6.45) is 1.64. The summed E-state index contributed by atoms with van der Waals surface area (Å²) in [5.74, 6) is -1.58. The first-order chi connectivity index (χ1) is 11.0. The van der Waals surface area contributed by atoms with Crippen molar-refractivity contribution < 1.29 is 14.7 Å². The number of aromatic nitrogens is 1. The zero-order valence-corrected chi connectivity index (χ0v) is 12.7. The molecule has 0 aliphatic carbocycles. The maximum atomic E-state index is 11.6. The van der Waals surface area contributed by atoms with Crippen LogP contribution in [0.5, 0.6) is 0 Å². The van der Waals surface area contributed by atoms with Crippen LogP contribution in [0.25, 0.3) is 10.9 Å². The van der Waals surface area contributed by atoms with Crippen molar-refractivity contribution in [3.8, 4) is 0 Å². The van der Waals surface area contributed by atoms with Crippen LogP contribution in [0.4, 0.5) is 0 Å². The summed E-state index contributed by atoms with van der Waals surface area (Å²) >= 11 is 5.99. The highest BCUT2D eigenvalue weighted by Crippen LogP contribution is 2.24. The van der Waals surface area contributed by atoms with Gasteiger partial charge in [0, 0.05) is 28.7 Å². The van der Waals surface area contributed by atoms with Crippen LogP contribution in [0, 0.1) is 0 Å². The van der Waals surface area contributed by atoms with E-state index < -0.39 is 11.9 Å². The minimum Gasteiger partial charge on any atom is -0.478 e. The van der Waals surface area contributed by atoms with E-state index >= 15 is 0 Å². The van der Waals surface area contributed by atoms with E-state index in [0.717, 1.165) is 5.56 Å². The standard InChI is InChI=1S/C17H13ClN2O3/c18-12-3-1-2-10(6-12)8-20-9-14(16(19)21)13-5-4-11(17(22)23)7-15(13)20/h1-7,9H,8H2,(H2,19,21)(H,22,23). The molecule has 6 heteroatoms. The molecule has 0 aliphatic heterocycles. The van der Waals surface area contributed by atoms with Gasteiger partial charge in [0.25, 0.3) is 5.91 Å². The molecule has 0 atom stereocenters. The molecule has 0 spiro atoms. The van der Waals surface area contributed by atoms with E-state index in [-0.39, 0.29) is 5.56 Å². The number of carboxylic acids is 1. The fourth-order valence-corrected chi connectivity index (χ4v) is 2.80. The quantitative estimate of drug-likeness (QED) is 0.771. The predicted octanol–water partition coefficient (Wildman–Crippen LogP) is 3.14. The van der Waals surface area contributed by atoms with Crippen molar-refractivity contribution in [1.29, 1.82) is 0 Å². The summed E-state index contributed by atoms with van der Waals surface area (Å²) in [7, 11) is 0. The average molecular weight is 329 g/mol. The number of carbonyl (C=O) groups excluding carboxylic acids is 1. The molecule has 1 aromatic heterocycles. The Hall–Kier alpha value is -2.79. The number of carboxylic acid groups (broad SMARTS) is 1. The molecule has 1 amide bonds. The monoisotopic (exact) mass is 328 g/mol. The van der Waals surface area contributed by atoms with Gasteiger partial charge in [-0.25, -0.2) is 4.79 Å². The van der Waals surface area contributed by atoms with Crippen molar-refractivity contribution in [2.75, 3.05) is 0 Å². The number of fused-ring (bicyclic) bond motifs is 1. The van der Waals surface area contributed by atoms with E-state index in [2.05, 4.69) is 0 Å². The summed E-state index contributed by atoms with van der Waals surface area (Å²) in [4.78, 5) is 22.8. The number of halogens is 1. The van der Waals surface area contributed by atoms with Crippen LogP contribution in [-0.2, 0) is 6.54 Å². The largest absolute Gasteiger partial charge is 0.478 e. The molecule has 3 N–H and O–H groups in total. The van der Waals surface area contributed by atoms with E-state index in [4.69, 9.17) is 22.4 Å². The lowest BCUT2D eigenvalue weighted by atomic mass is 10.1. The lowest BCUT2D eigenvalue weighted by Crippen LogP contribution is -2.10. The van der Waals surface area contributed by atoms with Crippen LogP contribution in [0.1, 0.15) is 26.3 Å². The Bertz CT molecular complexity index is 931. The number of nitrogens with two attached hydrogens (primary N) is 1. The molecule has 23 heavy (non-hydrogen) atoms. The SMILES string of the molecule is NC(=O)c1cn(Cc2cccc(Cl)c2)c2cc(C(=O)O)ccc12. The van der Waals surface area contributed by atoms with Crippen molar-refractivity contribution in [2.24, 2.45) is 5.73 Å². The molecule has 0 fully saturated rings. The van der Waals surface area contributed by atoms with Gasteiger partial charge < -0.3 is 15.4 Å². The molecule has 2 aromatic carbocycles. The van der Waals surface area contributed by atoms with Crippen molar-refractivity contribution in [3.63, 3.8) is 0 Å². The topological polar surface area (TPSA) is 85.3 Å². The van der Waals surface area contributed by atoms with Gasteiger partial charge >= 0.3 is 5.97 Å². The van der Waals surface area contributed by atoms with Crippen molar-refractivity contribution in [2.45, 2.75) is 6.54 Å². The fourth-order valence-electron chi connectivity index (χ4n) is 2.58. The molecule has 5 nitrogen and oxygen atoms in total. The summed E-state index contributed by atoms with van der Waals surface area (Å²) in [6.45, 7) is 0.452. The van der Waals surface area contributed by atoms with Crippen LogP contribution >= 0.6 is 11.6 Å². The summed E-state index contributed by atoms with van der Waals surface area (Å²) in [5.41, 5.74) is 7.50. The van der Waals surface area contributed by atoms with Gasteiger partial charge in [0.15, 0.2) is 0 Å². The third-order valence-corrected chi connectivity index (χ3v) is 3.87. The molecule has 0 bridgehead atoms. The molecule has 0 aliphatic rings. The summed E-state index contributed by atoms with van der Waals surface area (Å²) in [5, 5.41) is 10.4. The lowest BCUT2D eigenvalue weighted by Gasteiger charge is -2.06. The second-order valence-corrected chi connectivity index (χ2v) is 5.64. The van der Waals surface area contributed by atoms with Gasteiger partial charge in [-0.15, -0.1) is 0 Å². The molecule has 3 rings (SSSR count). The van der Waals surface area contributed by atoms with Crippen molar-refractivity contribution in [3.05, 3.63) is 70.4 Å². The number of aromatic carboxylic acids is 1. The molecule has 0 unspecified atom stereocenters. The number of primary amides is 1. The van der Waals surface area contributed by atoms with Gasteiger partial charge in [0.05, 0.1) is 11.1 Å². The highest BCUT2D eigenvalue weighted by Gasteiger charge is 2.15. The average Bonchev–Trinajstić information content (AvgIpc) is 2.85. The molecule has 3 aromatic rings. The second-order valence-electron chi connectivity index (χ2n) is 5.20. The van der Waals surface area contributed by atoms with E-state index in [9.17, 15) is 9.59 Å². The van der Waals surface area contributed by atoms with Crippen LogP contribution in [-0.4, -0.2) is 21.6 Å². The van der Waals surface area contributed by atoms with Crippen LogP contribution in [0.15, 0.2) is 48.7 Å². The first-order valence-electron chi connectivity index (χ1n) is 6.86. The lowest BCUT2D eigenvalue weighted by molar-refractivity contribution is 0.0697. The number of hydrogen-bond donors (Lipinski definition) is 2. The first kappa shape index (κ1) is 15.1. The normalized spacial score (nSPS) is 10.8. The maximum absolute atomic E-state index is 11.6. The van der Waals surface area contributed by atoms with Gasteiger partial charge in [0.1, 0.15) is 0 Å². The zero-order valence-electron chi connectivity index (χ0n) is 12.0. The van der Waals surface area contributed by atoms with Crippen molar-refractivity contribution in [1.82, 2.24) is 4.57 Å². The van der Waals surface area contributed by atoms with E-state index in [1.165, 1.54) is 12.1 Å². The fraction of sp³-hybridized carbons (Fsp3) is 0.0588. The number of nitrogens with zero attached hydrogens (tertiary/aromatic N) is 1. The number of amides is 1. The number of rotatable bonds is 4. The van der Waals surface area contributed by atoms with Crippen molar-refractivity contribution >= 4 is 34.4 Å². The number of hydrogen-bond acceptors (Lipinski definition) is 2. The van der Waals surface area contributed by atoms with Gasteiger partial charge in [-0.3, -0.25) is 4.79 Å². The Labute approximate surface area is 136 Å². The molecule has 0 saturated heterocycles. The van der Waals surface area contributed by atoms with E-state index in [1.54, 1.807) is 22.9 Å². The first-order valence-corrected chi connectivity index (χ1v) is 7.24. The second kappa shape index (κ2) is 5.78. The molecule has 0 saturated carbocycles. The van der Waals surface area contributed by atoms with Crippen LogP contribution in [0.3, 0.4) is 0 Å². The predicted molar refractivity (Wildman–Crippen MR) is 88.0 cm³/mol. The van der Waals surface area contributed by atoms with Crippen LogP contribution < -0.4 is 5.73 Å². The zero-order chi connectivity index (χ0) is 16.6. The minimum absolute atomic E-state index is 0.152. The Morgan fingerprint density at radius 2 is 1.96 bits per heavy atom. The van der Waals surface area contributed by atoms with Gasteiger partial charge in [-0.2, -0.15) is 0 Å². The molecular formula is C17H13ClN2O3. The Morgan fingerprint density at radius 3 is 2.61 bits per heavy atom. The third-order valence-electron chi connectivity index (χ3n) is 3.64. The highest BCUT2D eigenvalue weighted by atomic mass is 35.5. The number of carbonyl (C=O) groups is 2. The van der Waals surface area contributed by atoms with E-state index in [0.29, 0.717) is 28.0 Å². The Morgan fingerprint density at radius 1 is 1.17 bits per heavy atom. The Balaban J connectivity index is 2.16. The molecule has 0 radical (unpaired) electrons. The van der Waals surface area contributed by atoms with Gasteiger partial charge in [-0.1, -0.05) is 29.8 Å². The van der Waals surface area contributed by atoms with E-state index in [1.807, 2.05) is 18.2 Å². The summed E-state index contributed by atoms with van der Waals surface area (Å²) < 4.78 is 1.80. The molecule has 1 heterocycles. The smallest absolute Gasteiger partial charge is 0.335 e. The molecular weight excluding hydrogens is 316 g/mol. The third kappa shape index (κ3) is 2.91. The van der Waals surface area contributed by atoms with Gasteiger partial charge in [-0.05, 0) is 29.8 Å². The molecule has 116 valence electrons. The maximum Gasteiger partial charge on any atom is 0.335 e. The Kier molecular flexibility index (Phi) is 3.80. The van der Waals surface area contributed by atoms with Gasteiger partial charge in [0.2, 0.25) is 0 Å². The van der Waals surface area contributed by atoms with Crippen LogP contribution in [0.2, 0.25) is 5.02 Å². The minimum atomic E-state index is -1.02.